The zero-order chi connectivity index (χ0) is 18.4. The lowest BCUT2D eigenvalue weighted by Crippen LogP contribution is -2.46. The molecular weight excluding hydrogens is 326 g/mol. The first kappa shape index (κ1) is 19.0. The van der Waals surface area contributed by atoms with Crippen LogP contribution in [0.4, 0.5) is 5.69 Å². The fourth-order valence-corrected chi connectivity index (χ4v) is 4.17. The number of methoxy groups -OCH3 is 1. The third-order valence-electron chi connectivity index (χ3n) is 5.85. The average molecular weight is 360 g/mol. The van der Waals surface area contributed by atoms with Crippen molar-refractivity contribution in [3.8, 4) is 5.75 Å². The summed E-state index contributed by atoms with van der Waals surface area (Å²) in [6.07, 6.45) is 6.01. The van der Waals surface area contributed by atoms with Gasteiger partial charge in [0.1, 0.15) is 5.75 Å². The monoisotopic (exact) mass is 359 g/mol. The van der Waals surface area contributed by atoms with E-state index in [1.807, 2.05) is 12.1 Å². The smallest absolute Gasteiger partial charge is 0.234 e. The van der Waals surface area contributed by atoms with Gasteiger partial charge in [-0.1, -0.05) is 19.8 Å². The zero-order valence-corrected chi connectivity index (χ0v) is 16.2. The molecule has 1 aromatic rings. The molecule has 0 bridgehead atoms. The Hall–Kier alpha value is -1.75. The van der Waals surface area contributed by atoms with Crippen LogP contribution in [0.2, 0.25) is 0 Å². The highest BCUT2D eigenvalue weighted by molar-refractivity contribution is 5.78. The lowest BCUT2D eigenvalue weighted by Gasteiger charge is -2.30. The lowest BCUT2D eigenvalue weighted by molar-refractivity contribution is -0.123. The molecule has 2 aliphatic rings. The van der Waals surface area contributed by atoms with E-state index in [2.05, 4.69) is 34.2 Å². The Kier molecular flexibility index (Phi) is 6.78. The number of nitrogens with zero attached hydrogens (tertiary/aromatic N) is 2. The van der Waals surface area contributed by atoms with Gasteiger partial charge in [-0.3, -0.25) is 9.69 Å². The number of hydrogen-bond donors (Lipinski definition) is 1. The number of carbonyl (C=O) groups excluding carboxylic acids is 1. The lowest BCUT2D eigenvalue weighted by atomic mass is 9.86. The van der Waals surface area contributed by atoms with Gasteiger partial charge in [-0.25, -0.2) is 0 Å². The van der Waals surface area contributed by atoms with Crippen molar-refractivity contribution in [2.75, 3.05) is 44.7 Å². The van der Waals surface area contributed by atoms with E-state index in [9.17, 15) is 4.79 Å². The van der Waals surface area contributed by atoms with Crippen LogP contribution >= 0.6 is 0 Å². The molecule has 26 heavy (non-hydrogen) atoms. The fraction of sp³-hybridized carbons (Fsp3) is 0.667. The van der Waals surface area contributed by atoms with Gasteiger partial charge in [0.2, 0.25) is 5.91 Å². The molecule has 1 saturated carbocycles. The molecule has 1 heterocycles. The van der Waals surface area contributed by atoms with Crippen molar-refractivity contribution in [1.82, 2.24) is 10.2 Å². The average Bonchev–Trinajstić information content (AvgIpc) is 2.89. The summed E-state index contributed by atoms with van der Waals surface area (Å²) in [6.45, 7) is 6.70. The van der Waals surface area contributed by atoms with Gasteiger partial charge in [-0.05, 0) is 49.4 Å². The van der Waals surface area contributed by atoms with Gasteiger partial charge in [0.05, 0.1) is 13.7 Å². The first-order valence-corrected chi connectivity index (χ1v) is 10.1. The van der Waals surface area contributed by atoms with E-state index in [0.717, 1.165) is 44.8 Å². The Morgan fingerprint density at radius 2 is 1.85 bits per heavy atom. The number of rotatable bonds is 5. The molecule has 2 fully saturated rings. The van der Waals surface area contributed by atoms with E-state index in [0.29, 0.717) is 18.5 Å². The number of ether oxygens (including phenoxy) is 1. The number of hydrogen-bond acceptors (Lipinski definition) is 4. The minimum atomic E-state index is 0.196. The first-order chi connectivity index (χ1) is 12.7. The molecule has 1 aliphatic heterocycles. The van der Waals surface area contributed by atoms with E-state index in [1.54, 1.807) is 7.11 Å². The summed E-state index contributed by atoms with van der Waals surface area (Å²) in [6, 6.07) is 8.63. The van der Waals surface area contributed by atoms with Crippen molar-refractivity contribution in [1.29, 1.82) is 0 Å². The molecule has 1 N–H and O–H groups in total. The molecular formula is C21H33N3O2. The Balaban J connectivity index is 1.47. The molecule has 1 saturated heterocycles. The maximum Gasteiger partial charge on any atom is 0.234 e. The maximum absolute atomic E-state index is 12.5. The Morgan fingerprint density at radius 1 is 1.08 bits per heavy atom. The number of carbonyl (C=O) groups is 1. The van der Waals surface area contributed by atoms with E-state index >= 15 is 0 Å². The van der Waals surface area contributed by atoms with E-state index in [-0.39, 0.29) is 5.91 Å². The number of amides is 1. The van der Waals surface area contributed by atoms with Crippen LogP contribution < -0.4 is 15.0 Å². The summed E-state index contributed by atoms with van der Waals surface area (Å²) >= 11 is 0. The summed E-state index contributed by atoms with van der Waals surface area (Å²) in [5.74, 6) is 1.70. The normalized spacial score (nSPS) is 24.8. The Morgan fingerprint density at radius 3 is 2.58 bits per heavy atom. The van der Waals surface area contributed by atoms with E-state index in [1.165, 1.54) is 24.9 Å². The highest BCUT2D eigenvalue weighted by Gasteiger charge is 2.24. The molecule has 2 atom stereocenters. The second-order valence-electron chi connectivity index (χ2n) is 7.75. The Bertz CT molecular complexity index is 575. The molecule has 5 nitrogen and oxygen atoms in total. The topological polar surface area (TPSA) is 44.8 Å². The van der Waals surface area contributed by atoms with Crippen LogP contribution in [0.3, 0.4) is 0 Å². The van der Waals surface area contributed by atoms with Crippen LogP contribution in [0.1, 0.15) is 39.0 Å². The first-order valence-electron chi connectivity index (χ1n) is 10.1. The van der Waals surface area contributed by atoms with E-state index < -0.39 is 0 Å². The number of benzene rings is 1. The van der Waals surface area contributed by atoms with Crippen molar-refractivity contribution in [3.05, 3.63) is 24.3 Å². The van der Waals surface area contributed by atoms with Gasteiger partial charge in [-0.15, -0.1) is 0 Å². The van der Waals surface area contributed by atoms with E-state index in [4.69, 9.17) is 4.74 Å². The second kappa shape index (κ2) is 9.26. The summed E-state index contributed by atoms with van der Waals surface area (Å²) in [5.41, 5.74) is 1.23. The van der Waals surface area contributed by atoms with Gasteiger partial charge < -0.3 is 15.0 Å². The minimum absolute atomic E-state index is 0.196. The van der Waals surface area contributed by atoms with Crippen LogP contribution in [0.5, 0.6) is 5.75 Å². The van der Waals surface area contributed by atoms with Crippen LogP contribution in [-0.2, 0) is 4.79 Å². The SMILES string of the molecule is COc1ccc(N2CCCN(CC(=O)N[C@H]3CCCC[C@H]3C)CC2)cc1. The second-order valence-corrected chi connectivity index (χ2v) is 7.75. The zero-order valence-electron chi connectivity index (χ0n) is 16.2. The van der Waals surface area contributed by atoms with Crippen LogP contribution in [0.15, 0.2) is 24.3 Å². The minimum Gasteiger partial charge on any atom is -0.497 e. The molecule has 0 aromatic heterocycles. The van der Waals surface area contributed by atoms with Crippen LogP contribution in [-0.4, -0.2) is 56.7 Å². The molecule has 3 rings (SSSR count). The highest BCUT2D eigenvalue weighted by Crippen LogP contribution is 2.24. The standard InChI is InChI=1S/C21H33N3O2/c1-17-6-3-4-7-20(17)22-21(25)16-23-12-5-13-24(15-14-23)18-8-10-19(26-2)11-9-18/h8-11,17,20H,3-7,12-16H2,1-2H3,(H,22,25)/t17-,20+/m1/s1. The summed E-state index contributed by atoms with van der Waals surface area (Å²) in [5, 5.41) is 3.28. The van der Waals surface area contributed by atoms with Crippen molar-refractivity contribution in [2.45, 2.75) is 45.1 Å². The third kappa shape index (κ3) is 5.13. The fourth-order valence-electron chi connectivity index (χ4n) is 4.17. The number of nitrogens with one attached hydrogen (secondary N) is 1. The molecule has 0 radical (unpaired) electrons. The Labute approximate surface area is 157 Å². The van der Waals surface area contributed by atoms with Crippen LogP contribution in [0.25, 0.3) is 0 Å². The van der Waals surface area contributed by atoms with Gasteiger partial charge in [0, 0.05) is 37.9 Å². The van der Waals surface area contributed by atoms with Gasteiger partial charge in [-0.2, -0.15) is 0 Å². The van der Waals surface area contributed by atoms with Gasteiger partial charge >= 0.3 is 0 Å². The van der Waals surface area contributed by atoms with Gasteiger partial charge in [0.15, 0.2) is 0 Å². The molecule has 1 aliphatic carbocycles. The van der Waals surface area contributed by atoms with Gasteiger partial charge in [0.25, 0.3) is 0 Å². The van der Waals surface area contributed by atoms with Crippen molar-refractivity contribution in [2.24, 2.45) is 5.92 Å². The van der Waals surface area contributed by atoms with Crippen LogP contribution in [0, 0.1) is 5.92 Å². The molecule has 144 valence electrons. The molecule has 0 unspecified atom stereocenters. The van der Waals surface area contributed by atoms with Crippen molar-refractivity contribution in [3.63, 3.8) is 0 Å². The summed E-state index contributed by atoms with van der Waals surface area (Å²) in [4.78, 5) is 17.2. The largest absolute Gasteiger partial charge is 0.497 e. The quantitative estimate of drug-likeness (QED) is 0.878. The summed E-state index contributed by atoms with van der Waals surface area (Å²) in [7, 11) is 1.69. The maximum atomic E-state index is 12.5. The summed E-state index contributed by atoms with van der Waals surface area (Å²) < 4.78 is 5.24. The molecule has 5 heteroatoms. The third-order valence-corrected chi connectivity index (χ3v) is 5.85. The number of anilines is 1. The predicted molar refractivity (Wildman–Crippen MR) is 106 cm³/mol. The van der Waals surface area contributed by atoms with Crippen molar-refractivity contribution >= 4 is 11.6 Å². The highest BCUT2D eigenvalue weighted by atomic mass is 16.5. The predicted octanol–water partition coefficient (Wildman–Crippen LogP) is 2.90. The molecule has 1 aromatic carbocycles. The van der Waals surface area contributed by atoms with Crippen molar-refractivity contribution < 1.29 is 9.53 Å². The molecule has 0 spiro atoms. The molecule has 1 amide bonds.